The van der Waals surface area contributed by atoms with Crippen LogP contribution in [-0.4, -0.2) is 44.9 Å². The molecule has 0 aliphatic rings. The smallest absolute Gasteiger partial charge is 1.00 e. The van der Waals surface area contributed by atoms with Gasteiger partial charge in [0.05, 0.1) is 5.71 Å². The Morgan fingerprint density at radius 3 is 2.35 bits per heavy atom. The van der Waals surface area contributed by atoms with Crippen molar-refractivity contribution in [2.75, 3.05) is 14.1 Å². The van der Waals surface area contributed by atoms with Gasteiger partial charge in [0.2, 0.25) is 5.88 Å². The third-order valence-electron chi connectivity index (χ3n) is 2.01. The fraction of sp³-hybridized carbons (Fsp3) is 0.333. The van der Waals surface area contributed by atoms with Crippen molar-refractivity contribution >= 4 is 23.0 Å². The summed E-state index contributed by atoms with van der Waals surface area (Å²) in [6.07, 6.45) is 0. The van der Waals surface area contributed by atoms with Gasteiger partial charge < -0.3 is 22.4 Å². The second kappa shape index (κ2) is 8.88. The Bertz CT molecular complexity index is 612. The molecule has 1 aromatic heterocycles. The van der Waals surface area contributed by atoms with Crippen LogP contribution in [0.3, 0.4) is 0 Å². The first-order valence-corrected chi connectivity index (χ1v) is 5.31. The van der Waals surface area contributed by atoms with Gasteiger partial charge in [-0.25, -0.2) is 4.79 Å². The van der Waals surface area contributed by atoms with Crippen LogP contribution < -0.4 is 29.1 Å². The van der Waals surface area contributed by atoms with Crippen LogP contribution in [0.4, 0.5) is 0 Å². The summed E-state index contributed by atoms with van der Waals surface area (Å²) in [5, 5.41) is 13.7. The number of rotatable bonds is 2. The fourth-order valence-corrected chi connectivity index (χ4v) is 1.14. The van der Waals surface area contributed by atoms with Crippen molar-refractivity contribution in [1.29, 1.82) is 0 Å². The molecule has 20 heavy (non-hydrogen) atoms. The number of nitrogens with zero attached hydrogens (tertiary/aromatic N) is 2. The van der Waals surface area contributed by atoms with Crippen LogP contribution in [0.15, 0.2) is 14.7 Å². The van der Waals surface area contributed by atoms with E-state index in [1.807, 2.05) is 4.98 Å². The predicted molar refractivity (Wildman–Crippen MR) is 71.0 cm³/mol. The molecule has 0 amide bonds. The summed E-state index contributed by atoms with van der Waals surface area (Å²) in [5.74, 6) is -0.539. The number of halogens is 1. The van der Waals surface area contributed by atoms with Crippen LogP contribution in [0.2, 0.25) is 0 Å². The Balaban J connectivity index is 0. The summed E-state index contributed by atoms with van der Waals surface area (Å²) in [5.41, 5.74) is 1.09. The van der Waals surface area contributed by atoms with E-state index in [1.165, 1.54) is 6.92 Å². The van der Waals surface area contributed by atoms with Gasteiger partial charge in [-0.15, -0.1) is 0 Å². The number of hydrogen-bond donors (Lipinski definition) is 4. The van der Waals surface area contributed by atoms with Crippen LogP contribution in [0.5, 0.6) is 5.88 Å². The molecule has 114 valence electrons. The number of aromatic hydroxyl groups is 1. The van der Waals surface area contributed by atoms with Gasteiger partial charge in [0.25, 0.3) is 5.56 Å². The number of nitrogens with one attached hydrogen (secondary N) is 3. The van der Waals surface area contributed by atoms with Gasteiger partial charge in [-0.3, -0.25) is 20.2 Å². The Kier molecular flexibility index (Phi) is 9.38. The summed E-state index contributed by atoms with van der Waals surface area (Å²) in [6, 6.07) is 0. The number of hydrogen-bond acceptors (Lipinski definition) is 5. The van der Waals surface area contributed by atoms with Crippen molar-refractivity contribution in [3.8, 4) is 5.88 Å². The van der Waals surface area contributed by atoms with Gasteiger partial charge in [0.15, 0.2) is 5.11 Å². The molecule has 0 bridgehead atoms. The Hall–Kier alpha value is -1.18. The second-order valence-corrected chi connectivity index (χ2v) is 4.03. The maximum absolute atomic E-state index is 11.5. The van der Waals surface area contributed by atoms with Crippen LogP contribution in [-0.2, 0) is 21.1 Å². The molecule has 0 radical (unpaired) electrons. The van der Waals surface area contributed by atoms with E-state index < -0.39 is 17.1 Å². The summed E-state index contributed by atoms with van der Waals surface area (Å²) in [7, 11) is 3.45. The monoisotopic (exact) mass is 501 g/mol. The molecule has 11 heteroatoms. The van der Waals surface area contributed by atoms with E-state index in [4.69, 9.17) is 12.2 Å². The van der Waals surface area contributed by atoms with Crippen LogP contribution in [0.1, 0.15) is 12.5 Å². The Labute approximate surface area is 140 Å². The van der Waals surface area contributed by atoms with Gasteiger partial charge in [0, 0.05) is 14.1 Å². The van der Waals surface area contributed by atoms with Crippen molar-refractivity contribution in [2.24, 2.45) is 5.10 Å². The third kappa shape index (κ3) is 5.44. The topological polar surface area (TPSA) is 114 Å². The summed E-state index contributed by atoms with van der Waals surface area (Å²) >= 11 is 4.93. The molecule has 0 atom stereocenters. The Morgan fingerprint density at radius 1 is 1.35 bits per heavy atom. The van der Waals surface area contributed by atoms with Gasteiger partial charge in [-0.05, 0) is 19.1 Å². The first-order chi connectivity index (χ1) is 8.32. The maximum atomic E-state index is 11.5. The SMILES string of the molecule is C/C(=N\NC(=S)N(C)C)c1c(O)[nH]c(=O)[nH]c1=O.[Cl-].[Pt+2]. The molecule has 0 aliphatic heterocycles. The van der Waals surface area contributed by atoms with Crippen LogP contribution >= 0.6 is 12.2 Å². The normalized spacial score (nSPS) is 10.1. The molecule has 8 nitrogen and oxygen atoms in total. The fourth-order valence-electron chi connectivity index (χ4n) is 1.10. The zero-order chi connectivity index (χ0) is 13.9. The molecule has 0 spiro atoms. The van der Waals surface area contributed by atoms with Gasteiger partial charge in [0.1, 0.15) is 5.56 Å². The quantitative estimate of drug-likeness (QED) is 0.186. The minimum Gasteiger partial charge on any atom is -1.00 e. The summed E-state index contributed by atoms with van der Waals surface area (Å²) in [6.45, 7) is 1.49. The zero-order valence-electron chi connectivity index (χ0n) is 10.8. The molecular weight excluding hydrogens is 489 g/mol. The van der Waals surface area contributed by atoms with Crippen molar-refractivity contribution in [3.63, 3.8) is 0 Å². The molecule has 0 saturated carbocycles. The summed E-state index contributed by atoms with van der Waals surface area (Å²) in [4.78, 5) is 28.1. The molecule has 1 rings (SSSR count). The van der Waals surface area contributed by atoms with Crippen molar-refractivity contribution in [3.05, 3.63) is 26.4 Å². The molecular formula is C9H13ClN5O3PtS+. The van der Waals surface area contributed by atoms with Gasteiger partial charge in [-0.1, -0.05) is 0 Å². The Morgan fingerprint density at radius 2 is 1.90 bits per heavy atom. The first-order valence-electron chi connectivity index (χ1n) is 4.90. The van der Waals surface area contributed by atoms with Crippen molar-refractivity contribution in [2.45, 2.75) is 6.92 Å². The number of hydrazone groups is 1. The average molecular weight is 502 g/mol. The minimum absolute atomic E-state index is 0. The predicted octanol–water partition coefficient (Wildman–Crippen LogP) is -4.07. The number of aromatic nitrogens is 2. The standard InChI is InChI=1S/C9H13N5O3S.ClH.Pt/c1-4(12-13-9(18)14(2)3)5-6(15)10-8(17)11-7(5)16;;/h1-3H3,(H,13,18)(H3,10,11,15,16,17);1H;/q;;+2/p-1/b12-4+;;. The molecule has 4 N–H and O–H groups in total. The molecule has 0 fully saturated rings. The van der Waals surface area contributed by atoms with E-state index in [-0.39, 0.29) is 44.7 Å². The van der Waals surface area contributed by atoms with Gasteiger partial charge in [-0.2, -0.15) is 5.10 Å². The number of H-pyrrole nitrogens is 2. The maximum Gasteiger partial charge on any atom is 2.00 e. The van der Waals surface area contributed by atoms with Crippen LogP contribution in [0.25, 0.3) is 0 Å². The van der Waals surface area contributed by atoms with Gasteiger partial charge >= 0.3 is 26.8 Å². The van der Waals surface area contributed by atoms with E-state index in [9.17, 15) is 14.7 Å². The largest absolute Gasteiger partial charge is 2.00 e. The molecule has 0 aliphatic carbocycles. The summed E-state index contributed by atoms with van der Waals surface area (Å²) < 4.78 is 0. The average Bonchev–Trinajstić information content (AvgIpc) is 2.24. The molecule has 1 aromatic rings. The molecule has 0 unspecified atom stereocenters. The first kappa shape index (κ1) is 21.1. The molecule has 1 heterocycles. The van der Waals surface area contributed by atoms with Crippen LogP contribution in [0, 0.1) is 0 Å². The third-order valence-corrected chi connectivity index (χ3v) is 2.47. The minimum atomic E-state index is -0.786. The van der Waals surface area contributed by atoms with E-state index in [1.54, 1.807) is 19.0 Å². The number of aromatic amines is 2. The van der Waals surface area contributed by atoms with E-state index in [2.05, 4.69) is 15.5 Å². The molecule has 0 aromatic carbocycles. The zero-order valence-corrected chi connectivity index (χ0v) is 14.6. The van der Waals surface area contributed by atoms with E-state index in [0.29, 0.717) is 5.11 Å². The van der Waals surface area contributed by atoms with E-state index in [0.717, 1.165) is 0 Å². The molecule has 0 saturated heterocycles. The van der Waals surface area contributed by atoms with E-state index >= 15 is 0 Å². The van der Waals surface area contributed by atoms with Crippen molar-refractivity contribution < 1.29 is 38.6 Å². The van der Waals surface area contributed by atoms with Crippen molar-refractivity contribution in [1.82, 2.24) is 20.3 Å². The second-order valence-electron chi connectivity index (χ2n) is 3.64. The number of thiocarbonyl (C=S) groups is 1.